The van der Waals surface area contributed by atoms with Crippen LogP contribution in [0.15, 0.2) is 0 Å². The maximum Gasteiger partial charge on any atom is 0.110 e. The highest BCUT2D eigenvalue weighted by Gasteiger charge is 2.26. The van der Waals surface area contributed by atoms with Crippen LogP contribution in [0.1, 0.15) is 47.0 Å². The quantitative estimate of drug-likeness (QED) is 0.452. The average Bonchev–Trinajstić information content (AvgIpc) is 2.22. The molecule has 4 N–H and O–H groups in total. The summed E-state index contributed by atoms with van der Waals surface area (Å²) in [6.45, 7) is 8.09. The van der Waals surface area contributed by atoms with Gasteiger partial charge in [-0.25, -0.2) is 9.68 Å². The predicted octanol–water partition coefficient (Wildman–Crippen LogP) is 2.23. The van der Waals surface area contributed by atoms with E-state index in [2.05, 4.69) is 18.7 Å². The maximum atomic E-state index is 8.68. The van der Waals surface area contributed by atoms with Crippen LogP contribution in [0.3, 0.4) is 0 Å². The molecule has 0 unspecified atom stereocenters. The van der Waals surface area contributed by atoms with Gasteiger partial charge in [-0.15, -0.1) is 0 Å². The zero-order chi connectivity index (χ0) is 15.1. The molecular weight excluding hydrogens is 256 g/mol. The van der Waals surface area contributed by atoms with E-state index in [4.69, 9.17) is 25.7 Å². The second-order valence-electron chi connectivity index (χ2n) is 5.83. The number of hydrogen-bond donors (Lipinski definition) is 4. The van der Waals surface area contributed by atoms with Crippen LogP contribution in [0.2, 0.25) is 0 Å². The van der Waals surface area contributed by atoms with Gasteiger partial charge in [-0.05, 0) is 24.2 Å². The summed E-state index contributed by atoms with van der Waals surface area (Å²) >= 11 is 0. The largest absolute Gasteiger partial charge is 0.266 e. The van der Waals surface area contributed by atoms with Crippen molar-refractivity contribution in [2.75, 3.05) is 6.61 Å². The van der Waals surface area contributed by atoms with Gasteiger partial charge in [0.05, 0.1) is 10.8 Å². The molecule has 0 fully saturated rings. The summed E-state index contributed by atoms with van der Waals surface area (Å²) < 4.78 is 0. The van der Waals surface area contributed by atoms with E-state index < -0.39 is 16.9 Å². The molecule has 0 saturated carbocycles. The highest BCUT2D eigenvalue weighted by atomic mass is 17.1. The topological polar surface area (TPSA) is 106 Å². The minimum Gasteiger partial charge on any atom is -0.266 e. The van der Waals surface area contributed by atoms with E-state index in [9.17, 15) is 0 Å². The Balaban J connectivity index is 4.34. The van der Waals surface area contributed by atoms with Crippen molar-refractivity contribution in [3.63, 3.8) is 0 Å². The lowest BCUT2D eigenvalue weighted by Crippen LogP contribution is -2.34. The fourth-order valence-corrected chi connectivity index (χ4v) is 1.81. The number of hydrogen-bond acceptors (Lipinski definition) is 8. The first-order chi connectivity index (χ1) is 8.62. The third-order valence-electron chi connectivity index (χ3n) is 2.80. The van der Waals surface area contributed by atoms with Gasteiger partial charge in [0.15, 0.2) is 0 Å². The summed E-state index contributed by atoms with van der Waals surface area (Å²) in [6.07, 6.45) is 1.71. The zero-order valence-corrected chi connectivity index (χ0v) is 12.0. The maximum absolute atomic E-state index is 8.68. The van der Waals surface area contributed by atoms with Crippen molar-refractivity contribution < 1.29 is 30.5 Å². The average molecular weight is 282 g/mol. The van der Waals surface area contributed by atoms with E-state index in [-0.39, 0.29) is 12.0 Å². The summed E-state index contributed by atoms with van der Waals surface area (Å²) in [6, 6.07) is 0. The molecule has 0 aromatic carbocycles. The SMILES string of the molecule is CC(C)CCC(C)(C)C[C@H](CON(O)O)ON(O)O. The van der Waals surface area contributed by atoms with Gasteiger partial charge in [0, 0.05) is 0 Å². The predicted molar refractivity (Wildman–Crippen MR) is 64.1 cm³/mol. The molecule has 0 bridgehead atoms. The number of rotatable bonds is 10. The first-order valence-electron chi connectivity index (χ1n) is 6.28. The Morgan fingerprint density at radius 2 is 1.63 bits per heavy atom. The molecule has 19 heavy (non-hydrogen) atoms. The van der Waals surface area contributed by atoms with Crippen LogP contribution >= 0.6 is 0 Å². The summed E-state index contributed by atoms with van der Waals surface area (Å²) in [4.78, 5) is 9.16. The lowest BCUT2D eigenvalue weighted by Gasteiger charge is -2.30. The summed E-state index contributed by atoms with van der Waals surface area (Å²) in [5.41, 5.74) is -0.107. The fourth-order valence-electron chi connectivity index (χ4n) is 1.81. The molecule has 0 radical (unpaired) electrons. The Bertz CT molecular complexity index is 235. The van der Waals surface area contributed by atoms with Crippen LogP contribution < -0.4 is 0 Å². The van der Waals surface area contributed by atoms with Gasteiger partial charge in [0.2, 0.25) is 0 Å². The molecule has 8 heteroatoms. The normalized spacial score (nSPS) is 14.7. The van der Waals surface area contributed by atoms with Gasteiger partial charge in [0.25, 0.3) is 0 Å². The third-order valence-corrected chi connectivity index (χ3v) is 2.80. The molecule has 8 nitrogen and oxygen atoms in total. The van der Waals surface area contributed by atoms with E-state index in [1.54, 1.807) is 0 Å². The van der Waals surface area contributed by atoms with Crippen molar-refractivity contribution in [3.8, 4) is 0 Å². The fraction of sp³-hybridized carbons (Fsp3) is 1.00. The molecule has 1 atom stereocenters. The minimum absolute atomic E-state index is 0.107. The molecule has 116 valence electrons. The van der Waals surface area contributed by atoms with Gasteiger partial charge in [0.1, 0.15) is 12.7 Å². The van der Waals surface area contributed by atoms with Gasteiger partial charge < -0.3 is 0 Å². The Morgan fingerprint density at radius 1 is 1.05 bits per heavy atom. The minimum atomic E-state index is -0.723. The molecule has 0 aliphatic rings. The first-order valence-corrected chi connectivity index (χ1v) is 6.28. The Morgan fingerprint density at radius 3 is 2.05 bits per heavy atom. The van der Waals surface area contributed by atoms with Crippen molar-refractivity contribution in [3.05, 3.63) is 0 Å². The third kappa shape index (κ3) is 11.2. The van der Waals surface area contributed by atoms with Crippen molar-refractivity contribution >= 4 is 0 Å². The van der Waals surface area contributed by atoms with Crippen LogP contribution in [0.25, 0.3) is 0 Å². The van der Waals surface area contributed by atoms with E-state index >= 15 is 0 Å². The molecule has 0 aliphatic carbocycles. The summed E-state index contributed by atoms with van der Waals surface area (Å²) in [7, 11) is 0. The van der Waals surface area contributed by atoms with Gasteiger partial charge in [-0.2, -0.15) is 0 Å². The molecular formula is C11H26N2O6. The Kier molecular flexibility index (Phi) is 8.62. The molecule has 0 heterocycles. The van der Waals surface area contributed by atoms with Crippen LogP contribution in [0.5, 0.6) is 0 Å². The monoisotopic (exact) mass is 282 g/mol. The zero-order valence-electron chi connectivity index (χ0n) is 12.0. The number of nitrogens with zero attached hydrogens (tertiary/aromatic N) is 2. The summed E-state index contributed by atoms with van der Waals surface area (Å²) in [5, 5.41) is 33.5. The Hall–Kier alpha value is -0.320. The second-order valence-corrected chi connectivity index (χ2v) is 5.83. The first kappa shape index (κ1) is 18.7. The van der Waals surface area contributed by atoms with Crippen LogP contribution in [0, 0.1) is 11.3 Å². The lowest BCUT2D eigenvalue weighted by atomic mass is 9.80. The van der Waals surface area contributed by atoms with Gasteiger partial charge >= 0.3 is 0 Å². The van der Waals surface area contributed by atoms with Gasteiger partial charge in [-0.3, -0.25) is 20.8 Å². The van der Waals surface area contributed by atoms with Crippen LogP contribution in [-0.4, -0.2) is 44.3 Å². The molecule has 0 aromatic heterocycles. The Labute approximate surface area is 113 Å². The smallest absolute Gasteiger partial charge is 0.110 e. The van der Waals surface area contributed by atoms with E-state index in [1.807, 2.05) is 13.8 Å². The molecule has 0 saturated heterocycles. The van der Waals surface area contributed by atoms with Crippen LogP contribution in [0.4, 0.5) is 0 Å². The molecule has 0 rings (SSSR count). The molecule has 0 aliphatic heterocycles. The van der Waals surface area contributed by atoms with Crippen molar-refractivity contribution in [2.24, 2.45) is 11.3 Å². The van der Waals surface area contributed by atoms with Crippen LogP contribution in [-0.2, 0) is 9.68 Å². The van der Waals surface area contributed by atoms with E-state index in [1.165, 1.54) is 0 Å². The van der Waals surface area contributed by atoms with E-state index in [0.29, 0.717) is 12.3 Å². The molecule has 0 aromatic rings. The van der Waals surface area contributed by atoms with E-state index in [0.717, 1.165) is 12.8 Å². The second kappa shape index (κ2) is 8.77. The van der Waals surface area contributed by atoms with Gasteiger partial charge in [-0.1, -0.05) is 34.1 Å². The highest BCUT2D eigenvalue weighted by molar-refractivity contribution is 4.74. The van der Waals surface area contributed by atoms with Crippen molar-refractivity contribution in [1.82, 2.24) is 10.8 Å². The summed E-state index contributed by atoms with van der Waals surface area (Å²) in [5.74, 6) is 0.576. The lowest BCUT2D eigenvalue weighted by molar-refractivity contribution is -0.528. The standard InChI is InChI=1S/C11H26N2O6/c1-9(2)5-6-11(3,4)7-10(19-13(16)17)8-18-12(14)15/h9-10,14-17H,5-8H2,1-4H3/t10-/m1/s1. The highest BCUT2D eigenvalue weighted by Crippen LogP contribution is 2.31. The molecule has 0 spiro atoms. The van der Waals surface area contributed by atoms with Crippen molar-refractivity contribution in [1.29, 1.82) is 0 Å². The molecule has 0 amide bonds. The van der Waals surface area contributed by atoms with Crippen molar-refractivity contribution in [2.45, 2.75) is 53.1 Å².